The van der Waals surface area contributed by atoms with Gasteiger partial charge in [-0.2, -0.15) is 0 Å². The van der Waals surface area contributed by atoms with Crippen LogP contribution in [0.2, 0.25) is 0 Å². The van der Waals surface area contributed by atoms with Crippen molar-refractivity contribution in [3.63, 3.8) is 0 Å². The molecule has 1 aromatic rings. The van der Waals surface area contributed by atoms with Gasteiger partial charge in [-0.05, 0) is 6.42 Å². The highest BCUT2D eigenvalue weighted by Crippen LogP contribution is 2.12. The van der Waals surface area contributed by atoms with Crippen molar-refractivity contribution in [2.45, 2.75) is 39.2 Å². The molecule has 1 aromatic heterocycles. The Bertz CT molecular complexity index is 229. The van der Waals surface area contributed by atoms with E-state index in [0.717, 1.165) is 30.8 Å². The fourth-order valence-electron chi connectivity index (χ4n) is 1.21. The Hall–Kier alpha value is -0.830. The molecule has 0 fully saturated rings. The fourth-order valence-corrected chi connectivity index (χ4v) is 1.21. The second-order valence-corrected chi connectivity index (χ2v) is 3.03. The van der Waals surface area contributed by atoms with E-state index in [2.05, 4.69) is 23.8 Å². The molecule has 0 saturated carbocycles. The van der Waals surface area contributed by atoms with Gasteiger partial charge < -0.3 is 10.7 Å². The van der Waals surface area contributed by atoms with Crippen LogP contribution in [0.5, 0.6) is 0 Å². The van der Waals surface area contributed by atoms with E-state index in [4.69, 9.17) is 5.73 Å². The highest BCUT2D eigenvalue weighted by Gasteiger charge is 2.06. The molecule has 12 heavy (non-hydrogen) atoms. The van der Waals surface area contributed by atoms with Crippen LogP contribution >= 0.6 is 0 Å². The van der Waals surface area contributed by atoms with E-state index in [1.54, 1.807) is 0 Å². The molecule has 3 heteroatoms. The maximum atomic E-state index is 5.90. The summed E-state index contributed by atoms with van der Waals surface area (Å²) >= 11 is 0. The van der Waals surface area contributed by atoms with Crippen molar-refractivity contribution in [1.82, 2.24) is 9.97 Å². The lowest BCUT2D eigenvalue weighted by molar-refractivity contribution is 0.623. The van der Waals surface area contributed by atoms with E-state index < -0.39 is 0 Å². The lowest BCUT2D eigenvalue weighted by atomic mass is 10.1. The maximum Gasteiger partial charge on any atom is 0.105 e. The van der Waals surface area contributed by atoms with Crippen LogP contribution in [0.15, 0.2) is 6.20 Å². The second-order valence-electron chi connectivity index (χ2n) is 3.03. The van der Waals surface area contributed by atoms with Gasteiger partial charge in [-0.15, -0.1) is 0 Å². The number of nitrogens with two attached hydrogens (primary N) is 1. The van der Waals surface area contributed by atoms with Crippen LogP contribution in [-0.2, 0) is 6.42 Å². The molecule has 0 spiro atoms. The molecule has 0 saturated heterocycles. The van der Waals surface area contributed by atoms with Gasteiger partial charge in [0.2, 0.25) is 0 Å². The second kappa shape index (κ2) is 4.26. The first-order chi connectivity index (χ1) is 5.77. The standard InChI is InChI=1S/C9H17N3/c1-3-5-7(10)8-6-11-9(4-2)12-8/h6-7H,3-5,10H2,1-2H3,(H,11,12). The zero-order valence-electron chi connectivity index (χ0n) is 7.80. The van der Waals surface area contributed by atoms with Crippen LogP contribution in [-0.4, -0.2) is 9.97 Å². The summed E-state index contributed by atoms with van der Waals surface area (Å²) in [6, 6.07) is 0.128. The number of hydrogen-bond acceptors (Lipinski definition) is 2. The Morgan fingerprint density at radius 2 is 2.33 bits per heavy atom. The van der Waals surface area contributed by atoms with Crippen molar-refractivity contribution < 1.29 is 0 Å². The van der Waals surface area contributed by atoms with E-state index in [1.165, 1.54) is 0 Å². The minimum atomic E-state index is 0.128. The van der Waals surface area contributed by atoms with Crippen molar-refractivity contribution in [2.75, 3.05) is 0 Å². The lowest BCUT2D eigenvalue weighted by Gasteiger charge is -2.06. The number of nitrogens with zero attached hydrogens (tertiary/aromatic N) is 1. The summed E-state index contributed by atoms with van der Waals surface area (Å²) in [7, 11) is 0. The molecule has 0 bridgehead atoms. The van der Waals surface area contributed by atoms with Gasteiger partial charge in [0, 0.05) is 18.7 Å². The summed E-state index contributed by atoms with van der Waals surface area (Å²) in [6.07, 6.45) is 4.92. The Morgan fingerprint density at radius 3 is 2.83 bits per heavy atom. The quantitative estimate of drug-likeness (QED) is 0.718. The van der Waals surface area contributed by atoms with E-state index >= 15 is 0 Å². The molecule has 0 aliphatic heterocycles. The molecule has 0 aromatic carbocycles. The molecule has 0 aliphatic rings. The molecule has 1 atom stereocenters. The van der Waals surface area contributed by atoms with Gasteiger partial charge in [0.05, 0.1) is 5.69 Å². The van der Waals surface area contributed by atoms with Crippen LogP contribution in [0.25, 0.3) is 0 Å². The number of rotatable bonds is 4. The molecule has 3 N–H and O–H groups in total. The van der Waals surface area contributed by atoms with Crippen LogP contribution in [0.3, 0.4) is 0 Å². The normalized spacial score (nSPS) is 13.2. The van der Waals surface area contributed by atoms with E-state index in [9.17, 15) is 0 Å². The molecular formula is C9H17N3. The highest BCUT2D eigenvalue weighted by molar-refractivity contribution is 5.05. The van der Waals surface area contributed by atoms with Crippen molar-refractivity contribution >= 4 is 0 Å². The predicted molar refractivity (Wildman–Crippen MR) is 49.8 cm³/mol. The first kappa shape index (κ1) is 9.26. The van der Waals surface area contributed by atoms with Crippen molar-refractivity contribution in [3.8, 4) is 0 Å². The van der Waals surface area contributed by atoms with E-state index in [1.807, 2.05) is 6.20 Å². The number of nitrogens with one attached hydrogen (secondary N) is 1. The molecule has 0 amide bonds. The first-order valence-corrected chi connectivity index (χ1v) is 4.57. The maximum absolute atomic E-state index is 5.90. The minimum absolute atomic E-state index is 0.128. The van der Waals surface area contributed by atoms with Crippen molar-refractivity contribution in [3.05, 3.63) is 17.7 Å². The first-order valence-electron chi connectivity index (χ1n) is 4.57. The van der Waals surface area contributed by atoms with Gasteiger partial charge in [-0.1, -0.05) is 20.3 Å². The topological polar surface area (TPSA) is 54.7 Å². The molecule has 3 nitrogen and oxygen atoms in total. The molecule has 1 heterocycles. The smallest absolute Gasteiger partial charge is 0.105 e. The van der Waals surface area contributed by atoms with Gasteiger partial charge in [-0.3, -0.25) is 0 Å². The fraction of sp³-hybridized carbons (Fsp3) is 0.667. The minimum Gasteiger partial charge on any atom is -0.345 e. The van der Waals surface area contributed by atoms with Crippen LogP contribution < -0.4 is 5.73 Å². The van der Waals surface area contributed by atoms with E-state index in [0.29, 0.717) is 0 Å². The zero-order valence-corrected chi connectivity index (χ0v) is 7.80. The average molecular weight is 167 g/mol. The number of imidazole rings is 1. The van der Waals surface area contributed by atoms with Crippen molar-refractivity contribution in [2.24, 2.45) is 5.73 Å². The third-order valence-electron chi connectivity index (χ3n) is 1.98. The molecule has 0 radical (unpaired) electrons. The molecule has 1 rings (SSSR count). The molecule has 1 unspecified atom stereocenters. The summed E-state index contributed by atoms with van der Waals surface area (Å²) in [5.41, 5.74) is 6.97. The largest absolute Gasteiger partial charge is 0.345 e. The van der Waals surface area contributed by atoms with Gasteiger partial charge in [0.15, 0.2) is 0 Å². The van der Waals surface area contributed by atoms with Crippen LogP contribution in [0.1, 0.15) is 44.2 Å². The van der Waals surface area contributed by atoms with E-state index in [-0.39, 0.29) is 6.04 Å². The van der Waals surface area contributed by atoms with Crippen LogP contribution in [0, 0.1) is 0 Å². The summed E-state index contributed by atoms with van der Waals surface area (Å²) in [6.45, 7) is 4.21. The molecule has 0 aliphatic carbocycles. The Balaban J connectivity index is 2.61. The highest BCUT2D eigenvalue weighted by atomic mass is 14.9. The predicted octanol–water partition coefficient (Wildman–Crippen LogP) is 1.77. The number of aromatic nitrogens is 2. The molecule has 68 valence electrons. The summed E-state index contributed by atoms with van der Waals surface area (Å²) < 4.78 is 0. The summed E-state index contributed by atoms with van der Waals surface area (Å²) in [5.74, 6) is 1.02. The number of H-pyrrole nitrogens is 1. The lowest BCUT2D eigenvalue weighted by Crippen LogP contribution is -2.10. The number of aromatic amines is 1. The summed E-state index contributed by atoms with van der Waals surface area (Å²) in [5, 5.41) is 0. The Kier molecular flexibility index (Phi) is 3.29. The number of aryl methyl sites for hydroxylation is 1. The van der Waals surface area contributed by atoms with Crippen molar-refractivity contribution in [1.29, 1.82) is 0 Å². The van der Waals surface area contributed by atoms with Crippen LogP contribution in [0.4, 0.5) is 0 Å². The SMILES string of the molecule is CCCC(N)c1cnc(CC)[nH]1. The number of hydrogen-bond donors (Lipinski definition) is 2. The zero-order chi connectivity index (χ0) is 8.97. The average Bonchev–Trinajstić information content (AvgIpc) is 2.52. The summed E-state index contributed by atoms with van der Waals surface area (Å²) in [4.78, 5) is 7.41. The van der Waals surface area contributed by atoms with Gasteiger partial charge in [0.25, 0.3) is 0 Å². The Labute approximate surface area is 73.4 Å². The molecular weight excluding hydrogens is 150 g/mol. The Morgan fingerprint density at radius 1 is 1.58 bits per heavy atom. The van der Waals surface area contributed by atoms with Gasteiger partial charge in [0.1, 0.15) is 5.82 Å². The van der Waals surface area contributed by atoms with Gasteiger partial charge in [-0.25, -0.2) is 4.98 Å². The third kappa shape index (κ3) is 2.08. The van der Waals surface area contributed by atoms with Gasteiger partial charge >= 0.3 is 0 Å². The third-order valence-corrected chi connectivity index (χ3v) is 1.98. The monoisotopic (exact) mass is 167 g/mol.